The van der Waals surface area contributed by atoms with Crippen LogP contribution in [0.15, 0.2) is 93.8 Å². The number of furan rings is 2. The molecule has 0 N–H and O–H groups in total. The van der Waals surface area contributed by atoms with Crippen LogP contribution in [0, 0.1) is 22.7 Å². The van der Waals surface area contributed by atoms with Gasteiger partial charge in [0.2, 0.25) is 5.82 Å². The molecular weight excluding hydrogens is 472 g/mol. The van der Waals surface area contributed by atoms with Crippen molar-refractivity contribution >= 4 is 65.6 Å². The molecule has 0 aliphatic rings. The average Bonchev–Trinajstić information content (AvgIpc) is 3.55. The fourth-order valence-corrected chi connectivity index (χ4v) is 5.54. The van der Waals surface area contributed by atoms with E-state index in [1.165, 1.54) is 10.8 Å². The lowest BCUT2D eigenvalue weighted by molar-refractivity contribution is 0.663. The van der Waals surface area contributed by atoms with E-state index < -0.39 is 0 Å². The lowest BCUT2D eigenvalue weighted by Gasteiger charge is -2.06. The predicted octanol–water partition coefficient (Wildman–Crippen LogP) is 7.99. The molecule has 0 unspecified atom stereocenters. The topological polar surface area (TPSA) is 99.6 Å². The fraction of sp³-hybridized carbons (Fsp3) is 0. The number of fused-ring (bicyclic) bond motifs is 11. The first-order chi connectivity index (χ1) is 18.7. The maximum atomic E-state index is 9.50. The van der Waals surface area contributed by atoms with Crippen molar-refractivity contribution in [1.82, 2.24) is 9.97 Å². The summed E-state index contributed by atoms with van der Waals surface area (Å²) in [6.45, 7) is 0. The Kier molecular flexibility index (Phi) is 3.98. The quantitative estimate of drug-likeness (QED) is 0.218. The smallest absolute Gasteiger partial charge is 0.234 e. The molecule has 0 spiro atoms. The third-order valence-corrected chi connectivity index (χ3v) is 7.20. The van der Waals surface area contributed by atoms with Gasteiger partial charge in [-0.1, -0.05) is 60.7 Å². The van der Waals surface area contributed by atoms with Crippen LogP contribution in [0.3, 0.4) is 0 Å². The summed E-state index contributed by atoms with van der Waals surface area (Å²) in [4.78, 5) is 8.32. The number of hydrogen-bond donors (Lipinski definition) is 0. The highest BCUT2D eigenvalue weighted by Gasteiger charge is 2.18. The Morgan fingerprint density at radius 2 is 1.16 bits per heavy atom. The molecular formula is C32H14N4O2. The van der Waals surface area contributed by atoms with Gasteiger partial charge in [-0.05, 0) is 51.6 Å². The Bertz CT molecular complexity index is 2380. The van der Waals surface area contributed by atoms with Crippen LogP contribution in [0.2, 0.25) is 0 Å². The number of nitriles is 2. The minimum atomic E-state index is -0.0625. The van der Waals surface area contributed by atoms with Crippen molar-refractivity contribution < 1.29 is 8.83 Å². The zero-order valence-electron chi connectivity index (χ0n) is 19.7. The van der Waals surface area contributed by atoms with Gasteiger partial charge in [-0.2, -0.15) is 10.5 Å². The van der Waals surface area contributed by atoms with E-state index >= 15 is 0 Å². The van der Waals surface area contributed by atoms with Crippen molar-refractivity contribution in [1.29, 1.82) is 10.5 Å². The zero-order chi connectivity index (χ0) is 25.4. The molecule has 8 rings (SSSR count). The molecule has 0 saturated heterocycles. The lowest BCUT2D eigenvalue weighted by Crippen LogP contribution is -1.92. The monoisotopic (exact) mass is 486 g/mol. The van der Waals surface area contributed by atoms with Crippen molar-refractivity contribution in [2.75, 3.05) is 0 Å². The van der Waals surface area contributed by atoms with E-state index in [4.69, 9.17) is 8.83 Å². The summed E-state index contributed by atoms with van der Waals surface area (Å²) in [6, 6.07) is 32.7. The SMILES string of the molecule is N#Cc1nc(C#N)c2oc3ccc(-c4ccc5oc6c7ccccc7c7ccccc7c6c5c4)cc3c2n1. The van der Waals surface area contributed by atoms with Crippen LogP contribution >= 0.6 is 0 Å². The molecule has 174 valence electrons. The molecule has 0 fully saturated rings. The normalized spacial score (nSPS) is 11.6. The zero-order valence-corrected chi connectivity index (χ0v) is 19.7. The van der Waals surface area contributed by atoms with Crippen LogP contribution in [-0.4, -0.2) is 9.97 Å². The van der Waals surface area contributed by atoms with E-state index in [0.717, 1.165) is 49.2 Å². The molecule has 0 saturated carbocycles. The van der Waals surface area contributed by atoms with Gasteiger partial charge >= 0.3 is 0 Å². The Hall–Kier alpha value is -5.72. The summed E-state index contributed by atoms with van der Waals surface area (Å²) in [5.74, 6) is -0.0625. The van der Waals surface area contributed by atoms with Gasteiger partial charge in [-0.3, -0.25) is 0 Å². The van der Waals surface area contributed by atoms with E-state index in [1.807, 2.05) is 48.5 Å². The summed E-state index contributed by atoms with van der Waals surface area (Å²) in [7, 11) is 0. The Labute approximate surface area is 214 Å². The second-order valence-corrected chi connectivity index (χ2v) is 9.22. The van der Waals surface area contributed by atoms with Gasteiger partial charge in [-0.25, -0.2) is 9.97 Å². The predicted molar refractivity (Wildman–Crippen MR) is 146 cm³/mol. The average molecular weight is 486 g/mol. The summed E-state index contributed by atoms with van der Waals surface area (Å²) < 4.78 is 12.3. The maximum absolute atomic E-state index is 9.50. The first-order valence-electron chi connectivity index (χ1n) is 12.0. The summed E-state index contributed by atoms with van der Waals surface area (Å²) >= 11 is 0. The molecule has 8 aromatic rings. The maximum Gasteiger partial charge on any atom is 0.234 e. The van der Waals surface area contributed by atoms with Crippen LogP contribution in [0.5, 0.6) is 0 Å². The molecule has 0 amide bonds. The number of aromatic nitrogens is 2. The van der Waals surface area contributed by atoms with Crippen molar-refractivity contribution in [3.63, 3.8) is 0 Å². The highest BCUT2D eigenvalue weighted by molar-refractivity contribution is 6.30. The second-order valence-electron chi connectivity index (χ2n) is 9.22. The van der Waals surface area contributed by atoms with Crippen molar-refractivity contribution in [2.45, 2.75) is 0 Å². The number of nitrogens with zero attached hydrogens (tertiary/aromatic N) is 4. The molecule has 0 atom stereocenters. The largest absolute Gasteiger partial charge is 0.455 e. The van der Waals surface area contributed by atoms with Crippen LogP contribution < -0.4 is 0 Å². The molecule has 3 heterocycles. The van der Waals surface area contributed by atoms with E-state index in [-0.39, 0.29) is 17.1 Å². The molecule has 0 radical (unpaired) electrons. The van der Waals surface area contributed by atoms with Gasteiger partial charge in [0.25, 0.3) is 0 Å². The van der Waals surface area contributed by atoms with Gasteiger partial charge in [0, 0.05) is 21.5 Å². The lowest BCUT2D eigenvalue weighted by atomic mass is 9.95. The van der Waals surface area contributed by atoms with Crippen LogP contribution in [0.4, 0.5) is 0 Å². The van der Waals surface area contributed by atoms with Crippen molar-refractivity contribution in [2.24, 2.45) is 0 Å². The molecule has 5 aromatic carbocycles. The molecule has 0 bridgehead atoms. The number of benzene rings is 5. The minimum absolute atomic E-state index is 0.0506. The fourth-order valence-electron chi connectivity index (χ4n) is 5.54. The van der Waals surface area contributed by atoms with E-state index in [1.54, 1.807) is 0 Å². The van der Waals surface area contributed by atoms with E-state index in [2.05, 4.69) is 58.5 Å². The van der Waals surface area contributed by atoms with Crippen molar-refractivity contribution in [3.05, 3.63) is 96.4 Å². The Morgan fingerprint density at radius 3 is 1.87 bits per heavy atom. The van der Waals surface area contributed by atoms with Gasteiger partial charge < -0.3 is 8.83 Å². The second kappa shape index (κ2) is 7.39. The number of rotatable bonds is 1. The minimum Gasteiger partial charge on any atom is -0.455 e. The van der Waals surface area contributed by atoms with Gasteiger partial charge in [0.1, 0.15) is 34.4 Å². The third-order valence-electron chi connectivity index (χ3n) is 7.20. The Morgan fingerprint density at radius 1 is 0.553 bits per heavy atom. The van der Waals surface area contributed by atoms with Gasteiger partial charge in [0.05, 0.1) is 0 Å². The summed E-state index contributed by atoms with van der Waals surface area (Å²) in [5.41, 5.74) is 5.04. The highest BCUT2D eigenvalue weighted by Crippen LogP contribution is 2.42. The molecule has 0 aliphatic carbocycles. The molecule has 6 nitrogen and oxygen atoms in total. The van der Waals surface area contributed by atoms with E-state index in [0.29, 0.717) is 11.1 Å². The molecule has 38 heavy (non-hydrogen) atoms. The first-order valence-corrected chi connectivity index (χ1v) is 12.0. The Balaban J connectivity index is 1.42. The first kappa shape index (κ1) is 20.5. The third kappa shape index (κ3) is 2.69. The van der Waals surface area contributed by atoms with Crippen LogP contribution in [-0.2, 0) is 0 Å². The van der Waals surface area contributed by atoms with E-state index in [9.17, 15) is 10.5 Å². The van der Waals surface area contributed by atoms with Crippen molar-refractivity contribution in [3.8, 4) is 23.3 Å². The molecule has 3 aromatic heterocycles. The number of hydrogen-bond acceptors (Lipinski definition) is 6. The highest BCUT2D eigenvalue weighted by atomic mass is 16.3. The van der Waals surface area contributed by atoms with Crippen LogP contribution in [0.1, 0.15) is 11.5 Å². The molecule has 0 aliphatic heterocycles. The van der Waals surface area contributed by atoms with Gasteiger partial charge in [0.15, 0.2) is 11.3 Å². The standard InChI is InChI=1S/C32H14N4O2/c33-15-25-32-30(36-28(16-34)35-25)24-14-18(10-12-27(24)38-32)17-9-11-26-23(13-17)29-21-7-3-1-5-19(21)20-6-2-4-8-22(20)31(29)37-26/h1-14H. The summed E-state index contributed by atoms with van der Waals surface area (Å²) in [5, 5.41) is 26.3. The summed E-state index contributed by atoms with van der Waals surface area (Å²) in [6.07, 6.45) is 0. The van der Waals surface area contributed by atoms with Gasteiger partial charge in [-0.15, -0.1) is 0 Å². The molecule has 6 heteroatoms. The van der Waals surface area contributed by atoms with Crippen LogP contribution in [0.25, 0.3) is 76.7 Å².